The van der Waals surface area contributed by atoms with E-state index in [0.717, 1.165) is 23.4 Å². The highest BCUT2D eigenvalue weighted by Gasteiger charge is 2.26. The fourth-order valence-electron chi connectivity index (χ4n) is 3.62. The fraction of sp³-hybridized carbons (Fsp3) is 0.458. The van der Waals surface area contributed by atoms with Gasteiger partial charge in [-0.05, 0) is 45.0 Å². The van der Waals surface area contributed by atoms with Crippen LogP contribution in [0.5, 0.6) is 5.75 Å². The molecule has 2 aromatic rings. The van der Waals surface area contributed by atoms with E-state index in [9.17, 15) is 13.2 Å². The van der Waals surface area contributed by atoms with E-state index in [1.165, 1.54) is 0 Å². The zero-order valence-electron chi connectivity index (χ0n) is 19.0. The molecule has 0 radical (unpaired) electrons. The van der Waals surface area contributed by atoms with Gasteiger partial charge in [0, 0.05) is 24.1 Å². The molecule has 1 N–H and O–H groups in total. The average molecular weight is 458 g/mol. The number of carbonyl (C=O) groups is 1. The smallest absolute Gasteiger partial charge is 0.311 e. The molecular formula is C24H31N3O4S. The zero-order valence-corrected chi connectivity index (χ0v) is 19.9. The van der Waals surface area contributed by atoms with E-state index in [0.29, 0.717) is 18.6 Å². The molecule has 32 heavy (non-hydrogen) atoms. The molecule has 1 heterocycles. The molecule has 0 aliphatic carbocycles. The van der Waals surface area contributed by atoms with Crippen molar-refractivity contribution in [2.24, 2.45) is 4.36 Å². The molecule has 0 aromatic heterocycles. The second-order valence-corrected chi connectivity index (χ2v) is 9.75. The van der Waals surface area contributed by atoms with Crippen molar-refractivity contribution in [1.82, 2.24) is 10.2 Å². The Labute approximate surface area is 191 Å². The Bertz CT molecular complexity index is 1070. The predicted molar refractivity (Wildman–Crippen MR) is 124 cm³/mol. The maximum atomic E-state index is 12.8. The van der Waals surface area contributed by atoms with Crippen LogP contribution in [-0.2, 0) is 21.8 Å². The van der Waals surface area contributed by atoms with E-state index in [-0.39, 0.29) is 23.9 Å². The summed E-state index contributed by atoms with van der Waals surface area (Å²) in [5.41, 5.74) is 2.83. The van der Waals surface area contributed by atoms with Crippen LogP contribution in [0.25, 0.3) is 0 Å². The molecule has 0 fully saturated rings. The van der Waals surface area contributed by atoms with E-state index in [4.69, 9.17) is 4.74 Å². The number of fused-ring (bicyclic) bond motifs is 1. The van der Waals surface area contributed by atoms with Crippen molar-refractivity contribution in [2.45, 2.75) is 57.8 Å². The van der Waals surface area contributed by atoms with Gasteiger partial charge in [-0.1, -0.05) is 42.5 Å². The number of ether oxygens (including phenoxy) is 1. The van der Waals surface area contributed by atoms with Crippen LogP contribution >= 0.6 is 0 Å². The van der Waals surface area contributed by atoms with E-state index >= 15 is 0 Å². The second kappa shape index (κ2) is 10.3. The standard InChI is InChI=1S/C24H31N3O4S/c1-24(2,3)27(4)16-17-10-11-19-20(12-13-31-22(19)14-17)25-23(28)15-21(26-32(29)30)18-8-6-5-7-9-18/h5-11,14,20-21H,12-13,15-16H2,1-4H3,(H,25,28). The lowest BCUT2D eigenvalue weighted by Crippen LogP contribution is -2.37. The van der Waals surface area contributed by atoms with E-state index in [2.05, 4.69) is 48.5 Å². The van der Waals surface area contributed by atoms with Gasteiger partial charge in [0.15, 0.2) is 0 Å². The van der Waals surface area contributed by atoms with Crippen molar-refractivity contribution in [2.75, 3.05) is 13.7 Å². The van der Waals surface area contributed by atoms with Crippen molar-refractivity contribution in [3.63, 3.8) is 0 Å². The van der Waals surface area contributed by atoms with Crippen molar-refractivity contribution >= 4 is 16.4 Å². The van der Waals surface area contributed by atoms with Gasteiger partial charge in [-0.25, -0.2) is 0 Å². The SMILES string of the molecule is CN(Cc1ccc2c(c1)OCCC2NC(=O)CC(N=S(=O)=O)c1ccccc1)C(C)(C)C. The van der Waals surface area contributed by atoms with E-state index < -0.39 is 16.5 Å². The van der Waals surface area contributed by atoms with Crippen LogP contribution in [0.3, 0.4) is 0 Å². The molecule has 3 rings (SSSR count). The lowest BCUT2D eigenvalue weighted by molar-refractivity contribution is -0.122. The Morgan fingerprint density at radius 3 is 2.59 bits per heavy atom. The van der Waals surface area contributed by atoms with Crippen molar-refractivity contribution in [1.29, 1.82) is 0 Å². The molecule has 172 valence electrons. The van der Waals surface area contributed by atoms with Gasteiger partial charge in [-0.15, -0.1) is 0 Å². The topological polar surface area (TPSA) is 88.1 Å². The van der Waals surface area contributed by atoms with Gasteiger partial charge < -0.3 is 10.1 Å². The zero-order chi connectivity index (χ0) is 23.3. The molecule has 0 saturated heterocycles. The monoisotopic (exact) mass is 457 g/mol. The summed E-state index contributed by atoms with van der Waals surface area (Å²) < 4.78 is 31.9. The van der Waals surface area contributed by atoms with Crippen LogP contribution in [0.15, 0.2) is 52.9 Å². The van der Waals surface area contributed by atoms with Gasteiger partial charge in [0.1, 0.15) is 11.8 Å². The first kappa shape index (κ1) is 23.9. The molecule has 2 aromatic carbocycles. The molecular weight excluding hydrogens is 426 g/mol. The van der Waals surface area contributed by atoms with E-state index in [1.807, 2.05) is 18.2 Å². The maximum Gasteiger partial charge on any atom is 0.311 e. The number of nitrogens with zero attached hydrogens (tertiary/aromatic N) is 2. The molecule has 2 atom stereocenters. The first-order valence-electron chi connectivity index (χ1n) is 10.7. The third-order valence-corrected chi connectivity index (χ3v) is 6.22. The molecule has 0 bridgehead atoms. The lowest BCUT2D eigenvalue weighted by Gasteiger charge is -2.32. The first-order valence-corrected chi connectivity index (χ1v) is 11.8. The highest BCUT2D eigenvalue weighted by atomic mass is 32.2. The van der Waals surface area contributed by atoms with Crippen molar-refractivity contribution in [3.8, 4) is 5.75 Å². The number of nitrogens with one attached hydrogen (secondary N) is 1. The molecule has 1 aliphatic rings. The normalized spacial score (nSPS) is 16.6. The number of rotatable bonds is 7. The molecule has 2 unspecified atom stereocenters. The summed E-state index contributed by atoms with van der Waals surface area (Å²) in [5.74, 6) is 0.536. The van der Waals surface area contributed by atoms with Crippen LogP contribution in [0.4, 0.5) is 0 Å². The Balaban J connectivity index is 1.72. The Morgan fingerprint density at radius 2 is 1.94 bits per heavy atom. The fourth-order valence-corrected chi connectivity index (χ4v) is 4.02. The van der Waals surface area contributed by atoms with Crippen LogP contribution < -0.4 is 10.1 Å². The number of hydrogen-bond donors (Lipinski definition) is 1. The van der Waals surface area contributed by atoms with Crippen molar-refractivity contribution < 1.29 is 17.9 Å². The molecule has 1 aliphatic heterocycles. The number of carbonyl (C=O) groups excluding carboxylic acids is 1. The minimum atomic E-state index is -2.60. The summed E-state index contributed by atoms with van der Waals surface area (Å²) >= 11 is 0. The summed E-state index contributed by atoms with van der Waals surface area (Å²) in [5, 5.41) is 3.04. The summed E-state index contributed by atoms with van der Waals surface area (Å²) in [6.45, 7) is 7.82. The predicted octanol–water partition coefficient (Wildman–Crippen LogP) is 4.05. The first-order chi connectivity index (χ1) is 15.1. The largest absolute Gasteiger partial charge is 0.493 e. The van der Waals surface area contributed by atoms with Crippen LogP contribution in [-0.4, -0.2) is 38.4 Å². The number of amides is 1. The Kier molecular flexibility index (Phi) is 7.69. The van der Waals surface area contributed by atoms with Crippen LogP contribution in [0.2, 0.25) is 0 Å². The highest BCUT2D eigenvalue weighted by molar-refractivity contribution is 7.61. The summed E-state index contributed by atoms with van der Waals surface area (Å²) in [6.07, 6.45) is 0.611. The third kappa shape index (κ3) is 6.40. The molecule has 0 saturated carbocycles. The van der Waals surface area contributed by atoms with Gasteiger partial charge in [-0.3, -0.25) is 9.69 Å². The minimum absolute atomic E-state index is 0.0425. The highest BCUT2D eigenvalue weighted by Crippen LogP contribution is 2.34. The van der Waals surface area contributed by atoms with Gasteiger partial charge >= 0.3 is 10.5 Å². The molecule has 7 nitrogen and oxygen atoms in total. The number of hydrogen-bond acceptors (Lipinski definition) is 6. The molecule has 1 amide bonds. The third-order valence-electron chi connectivity index (χ3n) is 5.79. The van der Waals surface area contributed by atoms with Gasteiger partial charge in [0.25, 0.3) is 0 Å². The summed E-state index contributed by atoms with van der Waals surface area (Å²) in [6, 6.07) is 14.2. The summed E-state index contributed by atoms with van der Waals surface area (Å²) in [7, 11) is -0.509. The molecule has 8 heteroatoms. The van der Waals surface area contributed by atoms with Gasteiger partial charge in [-0.2, -0.15) is 12.8 Å². The maximum absolute atomic E-state index is 12.8. The van der Waals surface area contributed by atoms with Crippen molar-refractivity contribution in [3.05, 3.63) is 65.2 Å². The van der Waals surface area contributed by atoms with Gasteiger partial charge in [0.2, 0.25) is 5.91 Å². The van der Waals surface area contributed by atoms with Crippen LogP contribution in [0.1, 0.15) is 62.4 Å². The Hall–Kier alpha value is -2.71. The second-order valence-electron chi connectivity index (χ2n) is 9.11. The quantitative estimate of drug-likeness (QED) is 0.678. The van der Waals surface area contributed by atoms with Gasteiger partial charge in [0.05, 0.1) is 19.1 Å². The summed E-state index contributed by atoms with van der Waals surface area (Å²) in [4.78, 5) is 15.1. The Morgan fingerprint density at radius 1 is 1.22 bits per heavy atom. The van der Waals surface area contributed by atoms with E-state index in [1.54, 1.807) is 24.3 Å². The lowest BCUT2D eigenvalue weighted by atomic mass is 9.97. The molecule has 0 spiro atoms. The number of benzene rings is 2. The average Bonchev–Trinajstić information content (AvgIpc) is 2.73. The van der Waals surface area contributed by atoms with Crippen LogP contribution in [0, 0.1) is 0 Å². The minimum Gasteiger partial charge on any atom is -0.493 e.